The molecule has 0 radical (unpaired) electrons. The zero-order valence-corrected chi connectivity index (χ0v) is 14.6. The molecule has 2 heterocycles. The molecule has 0 aromatic carbocycles. The number of amides is 1. The van der Waals surface area contributed by atoms with E-state index in [1.807, 2.05) is 14.0 Å². The van der Waals surface area contributed by atoms with Crippen molar-refractivity contribution in [2.45, 2.75) is 40.3 Å². The van der Waals surface area contributed by atoms with E-state index in [9.17, 15) is 14.9 Å². The molecule has 9 nitrogen and oxygen atoms in total. The molecule has 0 saturated carbocycles. The van der Waals surface area contributed by atoms with E-state index in [4.69, 9.17) is 0 Å². The van der Waals surface area contributed by atoms with E-state index in [1.54, 1.807) is 36.7 Å². The van der Waals surface area contributed by atoms with Gasteiger partial charge in [-0.25, -0.2) is 0 Å². The maximum absolute atomic E-state index is 12.3. The van der Waals surface area contributed by atoms with Gasteiger partial charge in [0.1, 0.15) is 11.4 Å². The number of nitro groups is 1. The fraction of sp³-hybridized carbons (Fsp3) is 0.533. The largest absolute Gasteiger partial charge is 0.341 e. The summed E-state index contributed by atoms with van der Waals surface area (Å²) in [5, 5.41) is 19.3. The third-order valence-electron chi connectivity index (χ3n) is 4.23. The number of nitrogens with zero attached hydrogens (tertiary/aromatic N) is 6. The first-order valence-electron chi connectivity index (χ1n) is 7.62. The van der Waals surface area contributed by atoms with Gasteiger partial charge in [-0.05, 0) is 20.8 Å². The van der Waals surface area contributed by atoms with Crippen LogP contribution in [0.25, 0.3) is 0 Å². The van der Waals surface area contributed by atoms with E-state index in [-0.39, 0.29) is 18.0 Å². The lowest BCUT2D eigenvalue weighted by Crippen LogP contribution is -2.27. The Morgan fingerprint density at radius 1 is 1.33 bits per heavy atom. The Morgan fingerprint density at radius 2 is 2.00 bits per heavy atom. The number of carbonyl (C=O) groups excluding carboxylic acids is 1. The molecule has 130 valence electrons. The van der Waals surface area contributed by atoms with E-state index < -0.39 is 4.92 Å². The number of rotatable bonds is 6. The van der Waals surface area contributed by atoms with Crippen LogP contribution in [-0.4, -0.2) is 42.3 Å². The Bertz CT molecular complexity index is 777. The predicted octanol–water partition coefficient (Wildman–Crippen LogP) is 1.50. The van der Waals surface area contributed by atoms with Gasteiger partial charge in [-0.3, -0.25) is 24.3 Å². The lowest BCUT2D eigenvalue weighted by atomic mass is 10.2. The van der Waals surface area contributed by atoms with Crippen LogP contribution in [0.4, 0.5) is 5.69 Å². The van der Waals surface area contributed by atoms with Crippen molar-refractivity contribution in [2.24, 2.45) is 7.05 Å². The fourth-order valence-corrected chi connectivity index (χ4v) is 2.60. The summed E-state index contributed by atoms with van der Waals surface area (Å²) in [4.78, 5) is 24.5. The van der Waals surface area contributed by atoms with Gasteiger partial charge in [-0.2, -0.15) is 10.2 Å². The van der Waals surface area contributed by atoms with Gasteiger partial charge in [-0.1, -0.05) is 0 Å². The molecule has 9 heteroatoms. The average molecular weight is 334 g/mol. The molecule has 0 unspecified atom stereocenters. The fourth-order valence-electron chi connectivity index (χ4n) is 2.60. The van der Waals surface area contributed by atoms with Crippen LogP contribution in [0.3, 0.4) is 0 Å². The molecule has 0 N–H and O–H groups in total. The van der Waals surface area contributed by atoms with E-state index in [0.29, 0.717) is 24.5 Å². The van der Waals surface area contributed by atoms with Crippen molar-refractivity contribution in [1.82, 2.24) is 24.5 Å². The second kappa shape index (κ2) is 6.81. The highest BCUT2D eigenvalue weighted by Gasteiger charge is 2.22. The number of aryl methyl sites for hydroxylation is 3. The molecular formula is C15H22N6O3. The molecule has 2 aromatic heterocycles. The average Bonchev–Trinajstić information content (AvgIpc) is 2.97. The SMILES string of the molecule is Cc1nn(CCC(=O)N(C)Cc2cnn(C)c2C)c(C)c1[N+](=O)[O-]. The van der Waals surface area contributed by atoms with Crippen LogP contribution in [0.5, 0.6) is 0 Å². The number of hydrogen-bond acceptors (Lipinski definition) is 5. The van der Waals surface area contributed by atoms with Gasteiger partial charge < -0.3 is 4.90 Å². The molecule has 0 atom stereocenters. The highest BCUT2D eigenvalue weighted by Crippen LogP contribution is 2.22. The van der Waals surface area contributed by atoms with E-state index in [2.05, 4.69) is 10.2 Å². The molecule has 0 fully saturated rings. The summed E-state index contributed by atoms with van der Waals surface area (Å²) in [6.45, 7) is 5.99. The molecule has 2 aromatic rings. The summed E-state index contributed by atoms with van der Waals surface area (Å²) >= 11 is 0. The first kappa shape index (κ1) is 17.6. The van der Waals surface area contributed by atoms with Gasteiger partial charge in [-0.15, -0.1) is 0 Å². The van der Waals surface area contributed by atoms with Crippen molar-refractivity contribution >= 4 is 11.6 Å². The molecule has 0 aliphatic heterocycles. The molecular weight excluding hydrogens is 312 g/mol. The molecule has 0 spiro atoms. The monoisotopic (exact) mass is 334 g/mol. The smallest absolute Gasteiger partial charge is 0.312 e. The topological polar surface area (TPSA) is 99.1 Å². The van der Waals surface area contributed by atoms with Crippen molar-refractivity contribution in [3.05, 3.63) is 39.0 Å². The zero-order valence-electron chi connectivity index (χ0n) is 14.6. The molecule has 24 heavy (non-hydrogen) atoms. The summed E-state index contributed by atoms with van der Waals surface area (Å²) in [6.07, 6.45) is 1.98. The van der Waals surface area contributed by atoms with Crippen LogP contribution in [0.2, 0.25) is 0 Å². The number of aromatic nitrogens is 4. The minimum Gasteiger partial charge on any atom is -0.341 e. The van der Waals surface area contributed by atoms with Gasteiger partial charge >= 0.3 is 5.69 Å². The highest BCUT2D eigenvalue weighted by molar-refractivity contribution is 5.75. The number of hydrogen-bond donors (Lipinski definition) is 0. The van der Waals surface area contributed by atoms with Gasteiger partial charge in [0, 0.05) is 38.3 Å². The molecule has 0 aliphatic rings. The van der Waals surface area contributed by atoms with Gasteiger partial charge in [0.2, 0.25) is 5.91 Å². The first-order valence-corrected chi connectivity index (χ1v) is 7.62. The van der Waals surface area contributed by atoms with Crippen LogP contribution >= 0.6 is 0 Å². The van der Waals surface area contributed by atoms with Crippen molar-refractivity contribution in [1.29, 1.82) is 0 Å². The summed E-state index contributed by atoms with van der Waals surface area (Å²) in [5.74, 6) is -0.0477. The van der Waals surface area contributed by atoms with E-state index >= 15 is 0 Å². The van der Waals surface area contributed by atoms with Crippen molar-refractivity contribution < 1.29 is 9.72 Å². The third-order valence-corrected chi connectivity index (χ3v) is 4.23. The second-order valence-corrected chi connectivity index (χ2v) is 5.88. The summed E-state index contributed by atoms with van der Waals surface area (Å²) in [7, 11) is 3.59. The first-order chi connectivity index (χ1) is 11.2. The van der Waals surface area contributed by atoms with Gasteiger partial charge in [0.15, 0.2) is 0 Å². The van der Waals surface area contributed by atoms with Crippen molar-refractivity contribution in [3.8, 4) is 0 Å². The molecule has 1 amide bonds. The second-order valence-electron chi connectivity index (χ2n) is 5.88. The normalized spacial score (nSPS) is 10.9. The quantitative estimate of drug-likeness (QED) is 0.589. The lowest BCUT2D eigenvalue weighted by molar-refractivity contribution is -0.386. The van der Waals surface area contributed by atoms with E-state index in [1.165, 1.54) is 4.68 Å². The van der Waals surface area contributed by atoms with Crippen LogP contribution in [0, 0.1) is 30.9 Å². The van der Waals surface area contributed by atoms with Crippen LogP contribution < -0.4 is 0 Å². The molecule has 2 rings (SSSR count). The summed E-state index contributed by atoms with van der Waals surface area (Å²) in [6, 6.07) is 0. The minimum atomic E-state index is -0.437. The van der Waals surface area contributed by atoms with Crippen LogP contribution in [-0.2, 0) is 24.9 Å². The Balaban J connectivity index is 1.99. The third kappa shape index (κ3) is 3.44. The Labute approximate surface area is 140 Å². The number of carbonyl (C=O) groups is 1. The van der Waals surface area contributed by atoms with Gasteiger partial charge in [0.05, 0.1) is 17.7 Å². The van der Waals surface area contributed by atoms with Crippen LogP contribution in [0.15, 0.2) is 6.20 Å². The van der Waals surface area contributed by atoms with Crippen LogP contribution in [0.1, 0.15) is 29.1 Å². The Morgan fingerprint density at radius 3 is 2.50 bits per heavy atom. The van der Waals surface area contributed by atoms with Crippen molar-refractivity contribution in [3.63, 3.8) is 0 Å². The molecule has 0 aliphatic carbocycles. The lowest BCUT2D eigenvalue weighted by Gasteiger charge is -2.17. The highest BCUT2D eigenvalue weighted by atomic mass is 16.6. The Kier molecular flexibility index (Phi) is 5.01. The zero-order chi connectivity index (χ0) is 18.0. The standard InChI is InChI=1S/C15H22N6O3/c1-10-15(21(23)24)12(3)20(17-10)7-6-14(22)18(4)9-13-8-16-19(5)11(13)2/h8H,6-7,9H2,1-5H3. The Hall–Kier alpha value is -2.71. The molecule has 0 saturated heterocycles. The summed E-state index contributed by atoms with van der Waals surface area (Å²) in [5.41, 5.74) is 2.86. The van der Waals surface area contributed by atoms with Crippen molar-refractivity contribution in [2.75, 3.05) is 7.05 Å². The molecule has 0 bridgehead atoms. The summed E-state index contributed by atoms with van der Waals surface area (Å²) < 4.78 is 3.29. The van der Waals surface area contributed by atoms with Gasteiger partial charge in [0.25, 0.3) is 0 Å². The maximum atomic E-state index is 12.3. The van der Waals surface area contributed by atoms with E-state index in [0.717, 1.165) is 11.3 Å². The minimum absolute atomic E-state index is 0.0155. The maximum Gasteiger partial charge on any atom is 0.312 e. The predicted molar refractivity (Wildman–Crippen MR) is 87.4 cm³/mol.